The molecule has 7 nitrogen and oxygen atoms in total. The molecule has 35 heavy (non-hydrogen) atoms. The van der Waals surface area contributed by atoms with Gasteiger partial charge in [0.05, 0.1) is 12.0 Å². The van der Waals surface area contributed by atoms with Crippen LogP contribution in [0.1, 0.15) is 44.1 Å². The Morgan fingerprint density at radius 3 is 2.60 bits per heavy atom. The van der Waals surface area contributed by atoms with Crippen molar-refractivity contribution in [3.05, 3.63) is 53.8 Å². The number of carbonyl (C=O) groups is 1. The number of benzene rings is 2. The van der Waals surface area contributed by atoms with E-state index in [1.807, 2.05) is 0 Å². The van der Waals surface area contributed by atoms with Crippen LogP contribution in [0, 0.1) is 11.7 Å². The van der Waals surface area contributed by atoms with Crippen molar-refractivity contribution in [1.82, 2.24) is 10.0 Å². The van der Waals surface area contributed by atoms with E-state index in [4.69, 9.17) is 4.74 Å². The van der Waals surface area contributed by atoms with Gasteiger partial charge in [0, 0.05) is 25.3 Å². The molecule has 1 amide bonds. The van der Waals surface area contributed by atoms with E-state index < -0.39 is 16.1 Å². The molecule has 1 aliphatic heterocycles. The van der Waals surface area contributed by atoms with Crippen molar-refractivity contribution in [3.8, 4) is 5.75 Å². The lowest BCUT2D eigenvalue weighted by Crippen LogP contribution is -2.49. The van der Waals surface area contributed by atoms with E-state index in [0.29, 0.717) is 31.2 Å². The average molecular weight is 504 g/mol. The van der Waals surface area contributed by atoms with Gasteiger partial charge in [0.1, 0.15) is 17.6 Å². The minimum Gasteiger partial charge on any atom is -0.497 e. The number of halogens is 1. The van der Waals surface area contributed by atoms with Gasteiger partial charge in [-0.3, -0.25) is 4.79 Å². The molecule has 0 radical (unpaired) electrons. The zero-order chi connectivity index (χ0) is 24.8. The van der Waals surface area contributed by atoms with Gasteiger partial charge in [0.25, 0.3) is 0 Å². The molecule has 2 aliphatic rings. The van der Waals surface area contributed by atoms with Gasteiger partial charge in [-0.15, -0.1) is 0 Å². The number of nitrogens with one attached hydrogen (secondary N) is 2. The van der Waals surface area contributed by atoms with Crippen LogP contribution in [-0.2, 0) is 21.2 Å². The van der Waals surface area contributed by atoms with E-state index in [2.05, 4.69) is 14.9 Å². The first-order valence-electron chi connectivity index (χ1n) is 12.3. The molecule has 1 fully saturated rings. The van der Waals surface area contributed by atoms with Crippen LogP contribution < -0.4 is 19.7 Å². The van der Waals surface area contributed by atoms with E-state index in [-0.39, 0.29) is 16.6 Å². The van der Waals surface area contributed by atoms with Crippen molar-refractivity contribution in [2.45, 2.75) is 55.9 Å². The fourth-order valence-corrected chi connectivity index (χ4v) is 6.29. The smallest absolute Gasteiger partial charge is 0.241 e. The maximum Gasteiger partial charge on any atom is 0.241 e. The minimum absolute atomic E-state index is 0.0978. The second-order valence-electron chi connectivity index (χ2n) is 9.39. The molecule has 190 valence electrons. The topological polar surface area (TPSA) is 87.7 Å². The highest BCUT2D eigenvalue weighted by Crippen LogP contribution is 2.29. The molecule has 1 aliphatic carbocycles. The van der Waals surface area contributed by atoms with E-state index in [1.54, 1.807) is 24.3 Å². The first-order chi connectivity index (χ1) is 16.9. The molecule has 0 saturated heterocycles. The largest absolute Gasteiger partial charge is 0.497 e. The lowest BCUT2D eigenvalue weighted by atomic mass is 9.85. The monoisotopic (exact) mass is 503 g/mol. The summed E-state index contributed by atoms with van der Waals surface area (Å²) in [6, 6.07) is 10.1. The summed E-state index contributed by atoms with van der Waals surface area (Å²) < 4.78 is 47.4. The SMILES string of the molecule is COc1ccc(S(=O)(=O)NC(CC2CCCCC2)C(=O)NCCN2CCc3cc(F)ccc32)cc1. The summed E-state index contributed by atoms with van der Waals surface area (Å²) in [5, 5.41) is 2.93. The molecule has 2 N–H and O–H groups in total. The summed E-state index contributed by atoms with van der Waals surface area (Å²) in [4.78, 5) is 15.4. The van der Waals surface area contributed by atoms with E-state index in [1.165, 1.54) is 31.7 Å². The van der Waals surface area contributed by atoms with Gasteiger partial charge in [-0.25, -0.2) is 12.8 Å². The predicted molar refractivity (Wildman–Crippen MR) is 134 cm³/mol. The molecule has 2 aromatic carbocycles. The second-order valence-corrected chi connectivity index (χ2v) is 11.1. The molecular weight excluding hydrogens is 469 g/mol. The molecule has 2 aromatic rings. The fourth-order valence-electron chi connectivity index (χ4n) is 5.08. The maximum absolute atomic E-state index is 13.5. The van der Waals surface area contributed by atoms with Gasteiger partial charge < -0.3 is 15.0 Å². The summed E-state index contributed by atoms with van der Waals surface area (Å²) in [6.07, 6.45) is 6.68. The Balaban J connectivity index is 1.40. The Labute approximate surface area is 207 Å². The average Bonchev–Trinajstić information content (AvgIpc) is 3.26. The number of anilines is 1. The molecule has 1 saturated carbocycles. The third kappa shape index (κ3) is 6.52. The molecule has 1 atom stereocenters. The van der Waals surface area contributed by atoms with Crippen LogP contribution >= 0.6 is 0 Å². The van der Waals surface area contributed by atoms with Crippen molar-refractivity contribution in [2.24, 2.45) is 5.92 Å². The van der Waals surface area contributed by atoms with Gasteiger partial charge in [0.15, 0.2) is 0 Å². The van der Waals surface area contributed by atoms with Crippen LogP contribution in [0.3, 0.4) is 0 Å². The molecule has 9 heteroatoms. The van der Waals surface area contributed by atoms with Gasteiger partial charge in [0.2, 0.25) is 15.9 Å². The van der Waals surface area contributed by atoms with Crippen LogP contribution in [-0.4, -0.2) is 47.1 Å². The van der Waals surface area contributed by atoms with E-state index >= 15 is 0 Å². The van der Waals surface area contributed by atoms with Crippen molar-refractivity contribution >= 4 is 21.6 Å². The molecule has 1 heterocycles. The highest BCUT2D eigenvalue weighted by molar-refractivity contribution is 7.89. The standard InChI is InChI=1S/C26H34FN3O4S/c1-34-22-8-10-23(11-9-22)35(32,33)29-24(17-19-5-3-2-4-6-19)26(31)28-14-16-30-15-13-20-18-21(27)7-12-25(20)30/h7-12,18-19,24,29H,2-6,13-17H2,1H3,(H,28,31). The van der Waals surface area contributed by atoms with Gasteiger partial charge in [-0.1, -0.05) is 32.1 Å². The van der Waals surface area contributed by atoms with Gasteiger partial charge in [-0.2, -0.15) is 4.72 Å². The quantitative estimate of drug-likeness (QED) is 0.517. The summed E-state index contributed by atoms with van der Waals surface area (Å²) in [6.45, 7) is 1.72. The molecule has 1 unspecified atom stereocenters. The number of sulfonamides is 1. The number of methoxy groups -OCH3 is 1. The van der Waals surface area contributed by atoms with Crippen molar-refractivity contribution in [1.29, 1.82) is 0 Å². The first-order valence-corrected chi connectivity index (χ1v) is 13.8. The van der Waals surface area contributed by atoms with Crippen molar-refractivity contribution in [2.75, 3.05) is 31.6 Å². The second kappa shape index (κ2) is 11.4. The minimum atomic E-state index is -3.88. The van der Waals surface area contributed by atoms with Crippen LogP contribution in [0.4, 0.5) is 10.1 Å². The summed E-state index contributed by atoms with van der Waals surface area (Å²) in [5.74, 6) is 0.324. The Morgan fingerprint density at radius 1 is 1.14 bits per heavy atom. The van der Waals surface area contributed by atoms with Crippen LogP contribution in [0.25, 0.3) is 0 Å². The number of amides is 1. The molecule has 0 spiro atoms. The Kier molecular flexibility index (Phi) is 8.28. The summed E-state index contributed by atoms with van der Waals surface area (Å²) >= 11 is 0. The van der Waals surface area contributed by atoms with E-state index in [0.717, 1.165) is 49.9 Å². The number of fused-ring (bicyclic) bond motifs is 1. The predicted octanol–water partition coefficient (Wildman–Crippen LogP) is 3.63. The van der Waals surface area contributed by atoms with Crippen LogP contribution in [0.2, 0.25) is 0 Å². The lowest BCUT2D eigenvalue weighted by Gasteiger charge is -2.27. The first kappa shape index (κ1) is 25.4. The summed E-state index contributed by atoms with van der Waals surface area (Å²) in [7, 11) is -2.36. The van der Waals surface area contributed by atoms with Crippen molar-refractivity contribution in [3.63, 3.8) is 0 Å². The Hall–Kier alpha value is -2.65. The van der Waals surface area contributed by atoms with E-state index in [9.17, 15) is 17.6 Å². The van der Waals surface area contributed by atoms with Gasteiger partial charge in [-0.05, 0) is 66.8 Å². The fraction of sp³-hybridized carbons (Fsp3) is 0.500. The van der Waals surface area contributed by atoms with Gasteiger partial charge >= 0.3 is 0 Å². The molecular formula is C26H34FN3O4S. The highest BCUT2D eigenvalue weighted by Gasteiger charge is 2.29. The third-order valence-corrected chi connectivity index (χ3v) is 8.48. The number of nitrogens with zero attached hydrogens (tertiary/aromatic N) is 1. The summed E-state index contributed by atoms with van der Waals surface area (Å²) in [5.41, 5.74) is 1.96. The lowest BCUT2D eigenvalue weighted by molar-refractivity contribution is -0.123. The molecule has 4 rings (SSSR count). The number of carbonyl (C=O) groups excluding carboxylic acids is 1. The maximum atomic E-state index is 13.5. The zero-order valence-electron chi connectivity index (χ0n) is 20.1. The number of ether oxygens (including phenoxy) is 1. The normalized spacial score (nSPS) is 17.1. The number of hydrogen-bond acceptors (Lipinski definition) is 5. The highest BCUT2D eigenvalue weighted by atomic mass is 32.2. The third-order valence-electron chi connectivity index (χ3n) is 6.99. The number of hydrogen-bond donors (Lipinski definition) is 2. The zero-order valence-corrected chi connectivity index (χ0v) is 21.0. The Morgan fingerprint density at radius 2 is 1.89 bits per heavy atom. The molecule has 0 bridgehead atoms. The van der Waals surface area contributed by atoms with Crippen molar-refractivity contribution < 1.29 is 22.3 Å². The van der Waals surface area contributed by atoms with Crippen LogP contribution in [0.5, 0.6) is 5.75 Å². The Bertz CT molecular complexity index is 1120. The molecule has 0 aromatic heterocycles. The van der Waals surface area contributed by atoms with Crippen LogP contribution in [0.15, 0.2) is 47.4 Å². The number of rotatable bonds is 10.